The first kappa shape index (κ1) is 14.4. The molecule has 0 atom stereocenters. The van der Waals surface area contributed by atoms with Gasteiger partial charge >= 0.3 is 6.36 Å². The van der Waals surface area contributed by atoms with Gasteiger partial charge in [-0.05, 0) is 29.1 Å². The van der Waals surface area contributed by atoms with E-state index in [0.29, 0.717) is 10.4 Å². The minimum atomic E-state index is -4.70. The van der Waals surface area contributed by atoms with Gasteiger partial charge in [-0.1, -0.05) is 18.2 Å². The molecule has 1 heterocycles. The monoisotopic (exact) mass is 301 g/mol. The van der Waals surface area contributed by atoms with Crippen LogP contribution in [0.4, 0.5) is 13.2 Å². The van der Waals surface area contributed by atoms with Gasteiger partial charge in [0.2, 0.25) is 0 Å². The molecule has 0 aliphatic heterocycles. The Morgan fingerprint density at radius 3 is 2.45 bits per heavy atom. The topological polar surface area (TPSA) is 38.3 Å². The Morgan fingerprint density at radius 1 is 1.20 bits per heavy atom. The molecule has 106 valence electrons. The Hall–Kier alpha value is -2.02. The van der Waals surface area contributed by atoms with Crippen LogP contribution in [0.25, 0.3) is 0 Å². The number of alkyl halides is 3. The third-order valence-electron chi connectivity index (χ3n) is 2.35. The van der Waals surface area contributed by atoms with Gasteiger partial charge in [-0.3, -0.25) is 4.79 Å². The van der Waals surface area contributed by atoms with E-state index >= 15 is 0 Å². The molecule has 0 saturated heterocycles. The van der Waals surface area contributed by atoms with E-state index in [1.807, 2.05) is 0 Å². The highest BCUT2D eigenvalue weighted by Gasteiger charge is 2.30. The van der Waals surface area contributed by atoms with Crippen LogP contribution in [-0.4, -0.2) is 12.3 Å². The third-order valence-corrected chi connectivity index (χ3v) is 3.22. The molecule has 0 fully saturated rings. The number of ether oxygens (including phenoxy) is 1. The van der Waals surface area contributed by atoms with Crippen LogP contribution in [0.15, 0.2) is 41.8 Å². The van der Waals surface area contributed by atoms with Crippen LogP contribution < -0.4 is 10.1 Å². The lowest BCUT2D eigenvalue weighted by Gasteiger charge is -2.09. The Morgan fingerprint density at radius 2 is 1.90 bits per heavy atom. The van der Waals surface area contributed by atoms with Crippen molar-refractivity contribution in [2.75, 3.05) is 0 Å². The van der Waals surface area contributed by atoms with E-state index in [4.69, 9.17) is 0 Å². The maximum Gasteiger partial charge on any atom is 0.573 e. The average molecular weight is 301 g/mol. The van der Waals surface area contributed by atoms with Gasteiger partial charge in [0.05, 0.1) is 4.88 Å². The van der Waals surface area contributed by atoms with E-state index in [2.05, 4.69) is 10.1 Å². The lowest BCUT2D eigenvalue weighted by molar-refractivity contribution is -0.274. The molecule has 0 bridgehead atoms. The summed E-state index contributed by atoms with van der Waals surface area (Å²) >= 11 is 1.32. The van der Waals surface area contributed by atoms with Gasteiger partial charge in [0.25, 0.3) is 5.91 Å². The number of nitrogens with one attached hydrogen (secondary N) is 1. The van der Waals surface area contributed by atoms with Crippen molar-refractivity contribution >= 4 is 17.2 Å². The molecular weight excluding hydrogens is 291 g/mol. The molecule has 1 N–H and O–H groups in total. The number of benzene rings is 1. The summed E-state index contributed by atoms with van der Waals surface area (Å²) in [7, 11) is 0. The average Bonchev–Trinajstić information content (AvgIpc) is 2.89. The number of thiophene rings is 1. The Balaban J connectivity index is 1.89. The predicted octanol–water partition coefficient (Wildman–Crippen LogP) is 3.58. The summed E-state index contributed by atoms with van der Waals surface area (Å²) in [6.07, 6.45) is -4.70. The number of rotatable bonds is 4. The normalized spacial score (nSPS) is 11.2. The van der Waals surface area contributed by atoms with E-state index < -0.39 is 6.36 Å². The second-order valence-electron chi connectivity index (χ2n) is 3.85. The molecule has 2 rings (SSSR count). The quantitative estimate of drug-likeness (QED) is 0.937. The lowest BCUT2D eigenvalue weighted by atomic mass is 10.2. The summed E-state index contributed by atoms with van der Waals surface area (Å²) in [5.74, 6) is -0.499. The summed E-state index contributed by atoms with van der Waals surface area (Å²) in [6, 6.07) is 8.81. The molecule has 1 aromatic carbocycles. The molecule has 1 aromatic heterocycles. The number of halogens is 3. The van der Waals surface area contributed by atoms with Crippen LogP contribution in [0.5, 0.6) is 5.75 Å². The van der Waals surface area contributed by atoms with Gasteiger partial charge < -0.3 is 10.1 Å². The molecule has 1 amide bonds. The van der Waals surface area contributed by atoms with Crippen molar-refractivity contribution in [3.8, 4) is 5.75 Å². The van der Waals surface area contributed by atoms with E-state index in [1.165, 1.54) is 35.6 Å². The molecule has 0 aliphatic rings. The highest BCUT2D eigenvalue weighted by molar-refractivity contribution is 7.12. The molecule has 2 aromatic rings. The van der Waals surface area contributed by atoms with E-state index in [0.717, 1.165) is 0 Å². The molecule has 20 heavy (non-hydrogen) atoms. The van der Waals surface area contributed by atoms with Crippen molar-refractivity contribution in [1.29, 1.82) is 0 Å². The van der Waals surface area contributed by atoms with Crippen LogP contribution in [0, 0.1) is 0 Å². The highest BCUT2D eigenvalue weighted by atomic mass is 32.1. The summed E-state index contributed by atoms with van der Waals surface area (Å²) in [5, 5.41) is 4.47. The fourth-order valence-electron chi connectivity index (χ4n) is 1.49. The van der Waals surface area contributed by atoms with E-state index in [1.54, 1.807) is 17.5 Å². The summed E-state index contributed by atoms with van der Waals surface area (Å²) in [5.41, 5.74) is 0.685. The number of hydrogen-bond acceptors (Lipinski definition) is 3. The van der Waals surface area contributed by atoms with Gasteiger partial charge in [0.1, 0.15) is 5.75 Å². The third kappa shape index (κ3) is 4.27. The Bertz CT molecular complexity index is 564. The van der Waals surface area contributed by atoms with Crippen LogP contribution in [0.2, 0.25) is 0 Å². The van der Waals surface area contributed by atoms with Crippen molar-refractivity contribution in [3.05, 3.63) is 52.2 Å². The smallest absolute Gasteiger partial charge is 0.406 e. The van der Waals surface area contributed by atoms with Crippen molar-refractivity contribution < 1.29 is 22.7 Å². The highest BCUT2D eigenvalue weighted by Crippen LogP contribution is 2.22. The van der Waals surface area contributed by atoms with Gasteiger partial charge in [0.15, 0.2) is 0 Å². The van der Waals surface area contributed by atoms with E-state index in [9.17, 15) is 18.0 Å². The van der Waals surface area contributed by atoms with Crippen LogP contribution in [0.1, 0.15) is 15.2 Å². The van der Waals surface area contributed by atoms with Crippen molar-refractivity contribution in [2.24, 2.45) is 0 Å². The van der Waals surface area contributed by atoms with Crippen LogP contribution >= 0.6 is 11.3 Å². The SMILES string of the molecule is O=C(NCc1ccc(OC(F)(F)F)cc1)c1cccs1. The molecule has 0 saturated carbocycles. The minimum Gasteiger partial charge on any atom is -0.406 e. The molecule has 0 radical (unpaired) electrons. The number of carbonyl (C=O) groups excluding carboxylic acids is 1. The number of carbonyl (C=O) groups is 1. The van der Waals surface area contributed by atoms with E-state index in [-0.39, 0.29) is 18.2 Å². The first-order valence-electron chi connectivity index (χ1n) is 5.60. The summed E-state index contributed by atoms with van der Waals surface area (Å²) < 4.78 is 39.7. The van der Waals surface area contributed by atoms with Gasteiger partial charge in [-0.15, -0.1) is 24.5 Å². The molecular formula is C13H10F3NO2S. The van der Waals surface area contributed by atoms with Crippen molar-refractivity contribution in [2.45, 2.75) is 12.9 Å². The zero-order chi connectivity index (χ0) is 14.6. The van der Waals surface area contributed by atoms with Crippen molar-refractivity contribution in [3.63, 3.8) is 0 Å². The molecule has 3 nitrogen and oxygen atoms in total. The Kier molecular flexibility index (Phi) is 4.29. The number of hydrogen-bond donors (Lipinski definition) is 1. The van der Waals surface area contributed by atoms with Crippen LogP contribution in [0.3, 0.4) is 0 Å². The second kappa shape index (κ2) is 5.96. The Labute approximate surface area is 117 Å². The molecule has 0 unspecified atom stereocenters. The van der Waals surface area contributed by atoms with Crippen LogP contribution in [-0.2, 0) is 6.54 Å². The minimum absolute atomic E-state index is 0.212. The maximum absolute atomic E-state index is 12.0. The second-order valence-corrected chi connectivity index (χ2v) is 4.80. The zero-order valence-electron chi connectivity index (χ0n) is 10.1. The predicted molar refractivity (Wildman–Crippen MR) is 68.6 cm³/mol. The van der Waals surface area contributed by atoms with Gasteiger partial charge in [0, 0.05) is 6.54 Å². The first-order valence-corrected chi connectivity index (χ1v) is 6.48. The molecule has 7 heteroatoms. The summed E-state index contributed by atoms with van der Waals surface area (Å²) in [6.45, 7) is 0.239. The first-order chi connectivity index (χ1) is 9.44. The zero-order valence-corrected chi connectivity index (χ0v) is 10.9. The molecule has 0 aliphatic carbocycles. The fourth-order valence-corrected chi connectivity index (χ4v) is 2.13. The summed E-state index contributed by atoms with van der Waals surface area (Å²) in [4.78, 5) is 12.2. The maximum atomic E-state index is 12.0. The number of amides is 1. The molecule has 0 spiro atoms. The van der Waals surface area contributed by atoms with Crippen molar-refractivity contribution in [1.82, 2.24) is 5.32 Å². The standard InChI is InChI=1S/C13H10F3NO2S/c14-13(15,16)19-10-5-3-9(4-6-10)8-17-12(18)11-2-1-7-20-11/h1-7H,8H2,(H,17,18). The largest absolute Gasteiger partial charge is 0.573 e. The van der Waals surface area contributed by atoms with Gasteiger partial charge in [-0.2, -0.15) is 0 Å². The van der Waals surface area contributed by atoms with Gasteiger partial charge in [-0.25, -0.2) is 0 Å². The fraction of sp³-hybridized carbons (Fsp3) is 0.154. The lowest BCUT2D eigenvalue weighted by Crippen LogP contribution is -2.21.